The van der Waals surface area contributed by atoms with Crippen LogP contribution in [0.25, 0.3) is 0 Å². The number of hydrogen-bond donors (Lipinski definition) is 0. The van der Waals surface area contributed by atoms with Crippen LogP contribution in [0.2, 0.25) is 0 Å². The average molecular weight is 228 g/mol. The molecule has 1 nitrogen and oxygen atoms in total. The summed E-state index contributed by atoms with van der Waals surface area (Å²) in [6.45, 7) is 1.10. The zero-order valence-corrected chi connectivity index (χ0v) is 9.67. The van der Waals surface area contributed by atoms with Gasteiger partial charge in [0, 0.05) is 10.9 Å². The van der Waals surface area contributed by atoms with Crippen LogP contribution in [0.3, 0.4) is 0 Å². The second-order valence-corrected chi connectivity index (χ2v) is 4.07. The molecule has 0 saturated heterocycles. The number of ether oxygens (including phenoxy) is 1. The number of benzene rings is 1. The molecule has 16 heavy (non-hydrogen) atoms. The van der Waals surface area contributed by atoms with Crippen LogP contribution >= 0.6 is 11.3 Å². The minimum absolute atomic E-state index is 0.477. The SMILES string of the molecule is C(#Cc1ccsc1)COCc1ccccc1. The van der Waals surface area contributed by atoms with Crippen LogP contribution in [0.4, 0.5) is 0 Å². The van der Waals surface area contributed by atoms with E-state index in [1.807, 2.05) is 47.2 Å². The third-order valence-corrected chi connectivity index (χ3v) is 2.72. The highest BCUT2D eigenvalue weighted by Gasteiger charge is 1.89. The topological polar surface area (TPSA) is 9.23 Å². The summed E-state index contributed by atoms with van der Waals surface area (Å²) in [5.41, 5.74) is 2.24. The molecule has 0 fully saturated rings. The third-order valence-electron chi connectivity index (χ3n) is 2.04. The first kappa shape index (κ1) is 10.9. The molecule has 2 aromatic rings. The van der Waals surface area contributed by atoms with Crippen molar-refractivity contribution in [2.24, 2.45) is 0 Å². The van der Waals surface area contributed by atoms with Crippen molar-refractivity contribution in [3.05, 3.63) is 58.3 Å². The van der Waals surface area contributed by atoms with Crippen LogP contribution in [0.15, 0.2) is 47.2 Å². The van der Waals surface area contributed by atoms with Gasteiger partial charge >= 0.3 is 0 Å². The van der Waals surface area contributed by atoms with Crippen LogP contribution < -0.4 is 0 Å². The van der Waals surface area contributed by atoms with Crippen LogP contribution in [-0.2, 0) is 11.3 Å². The molecule has 0 spiro atoms. The highest BCUT2D eigenvalue weighted by molar-refractivity contribution is 7.08. The molecule has 0 aliphatic heterocycles. The van der Waals surface area contributed by atoms with E-state index in [0.717, 1.165) is 5.56 Å². The van der Waals surface area contributed by atoms with Crippen molar-refractivity contribution in [1.29, 1.82) is 0 Å². The Kier molecular flexibility index (Phi) is 4.18. The van der Waals surface area contributed by atoms with E-state index in [0.29, 0.717) is 13.2 Å². The van der Waals surface area contributed by atoms with Crippen molar-refractivity contribution < 1.29 is 4.74 Å². The maximum atomic E-state index is 5.45. The number of thiophene rings is 1. The van der Waals surface area contributed by atoms with Crippen molar-refractivity contribution in [2.75, 3.05) is 6.61 Å². The van der Waals surface area contributed by atoms with Crippen LogP contribution in [0.5, 0.6) is 0 Å². The molecule has 80 valence electrons. The Balaban J connectivity index is 1.73. The zero-order chi connectivity index (χ0) is 11.1. The van der Waals surface area contributed by atoms with Gasteiger partial charge < -0.3 is 4.74 Å². The summed E-state index contributed by atoms with van der Waals surface area (Å²) in [4.78, 5) is 0. The summed E-state index contributed by atoms with van der Waals surface area (Å²) >= 11 is 1.66. The van der Waals surface area contributed by atoms with E-state index >= 15 is 0 Å². The molecule has 0 radical (unpaired) electrons. The van der Waals surface area contributed by atoms with Gasteiger partial charge in [0.15, 0.2) is 0 Å². The van der Waals surface area contributed by atoms with Crippen LogP contribution in [0, 0.1) is 11.8 Å². The Bertz CT molecular complexity index is 462. The molecule has 1 aromatic heterocycles. The predicted molar refractivity (Wildman–Crippen MR) is 67.3 cm³/mol. The molecule has 2 heteroatoms. The molecule has 0 N–H and O–H groups in total. The fourth-order valence-electron chi connectivity index (χ4n) is 1.27. The molecule has 2 rings (SSSR count). The summed E-state index contributed by atoms with van der Waals surface area (Å²) in [7, 11) is 0. The average Bonchev–Trinajstić information content (AvgIpc) is 2.83. The van der Waals surface area contributed by atoms with Crippen molar-refractivity contribution in [3.63, 3.8) is 0 Å². The third kappa shape index (κ3) is 3.54. The molecule has 0 aliphatic rings. The summed E-state index contributed by atoms with van der Waals surface area (Å²) in [6.07, 6.45) is 0. The van der Waals surface area contributed by atoms with E-state index in [-0.39, 0.29) is 0 Å². The quantitative estimate of drug-likeness (QED) is 0.578. The van der Waals surface area contributed by atoms with Gasteiger partial charge in [-0.05, 0) is 17.0 Å². The largest absolute Gasteiger partial charge is 0.364 e. The van der Waals surface area contributed by atoms with Crippen molar-refractivity contribution in [3.8, 4) is 11.8 Å². The smallest absolute Gasteiger partial charge is 0.108 e. The monoisotopic (exact) mass is 228 g/mol. The van der Waals surface area contributed by atoms with Crippen molar-refractivity contribution in [2.45, 2.75) is 6.61 Å². The Morgan fingerprint density at radius 1 is 1.12 bits per heavy atom. The summed E-state index contributed by atoms with van der Waals surface area (Å²) in [5, 5.41) is 4.05. The minimum Gasteiger partial charge on any atom is -0.364 e. The van der Waals surface area contributed by atoms with Gasteiger partial charge in [0.2, 0.25) is 0 Å². The standard InChI is InChI=1S/C14H12OS/c1-2-5-13(6-3-1)11-15-9-4-7-14-8-10-16-12-14/h1-3,5-6,8,10,12H,9,11H2. The molecule has 0 aliphatic carbocycles. The molecule has 1 aromatic carbocycles. The van der Waals surface area contributed by atoms with E-state index in [1.54, 1.807) is 11.3 Å². The van der Waals surface area contributed by atoms with Gasteiger partial charge in [-0.1, -0.05) is 42.2 Å². The van der Waals surface area contributed by atoms with Gasteiger partial charge in [-0.15, -0.1) is 0 Å². The Labute approximate surface area is 99.7 Å². The lowest BCUT2D eigenvalue weighted by Crippen LogP contribution is -1.92. The van der Waals surface area contributed by atoms with E-state index < -0.39 is 0 Å². The molecule has 0 atom stereocenters. The maximum absolute atomic E-state index is 5.45. The fraction of sp³-hybridized carbons (Fsp3) is 0.143. The number of rotatable bonds is 3. The second kappa shape index (κ2) is 6.12. The van der Waals surface area contributed by atoms with Crippen LogP contribution in [-0.4, -0.2) is 6.61 Å². The predicted octanol–water partition coefficient (Wildman–Crippen LogP) is 3.32. The fourth-order valence-corrected chi connectivity index (χ4v) is 1.86. The first-order valence-corrected chi connectivity index (χ1v) is 6.02. The molecule has 1 heterocycles. The second-order valence-electron chi connectivity index (χ2n) is 3.29. The zero-order valence-electron chi connectivity index (χ0n) is 8.85. The molecule has 0 saturated carbocycles. The summed E-state index contributed by atoms with van der Waals surface area (Å²) in [5.74, 6) is 6.04. The lowest BCUT2D eigenvalue weighted by molar-refractivity contribution is 0.153. The van der Waals surface area contributed by atoms with Gasteiger partial charge in [-0.3, -0.25) is 0 Å². The van der Waals surface area contributed by atoms with Crippen LogP contribution in [0.1, 0.15) is 11.1 Å². The van der Waals surface area contributed by atoms with E-state index in [9.17, 15) is 0 Å². The minimum atomic E-state index is 0.477. The van der Waals surface area contributed by atoms with Gasteiger partial charge in [-0.2, -0.15) is 11.3 Å². The maximum Gasteiger partial charge on any atom is 0.108 e. The summed E-state index contributed by atoms with van der Waals surface area (Å²) < 4.78 is 5.45. The molecule has 0 amide bonds. The Morgan fingerprint density at radius 2 is 2.00 bits per heavy atom. The first-order valence-electron chi connectivity index (χ1n) is 5.08. The summed E-state index contributed by atoms with van der Waals surface area (Å²) in [6, 6.07) is 12.1. The van der Waals surface area contributed by atoms with Crippen molar-refractivity contribution >= 4 is 11.3 Å². The molecule has 0 bridgehead atoms. The first-order chi connectivity index (χ1) is 7.95. The lowest BCUT2D eigenvalue weighted by atomic mass is 10.2. The van der Waals surface area contributed by atoms with E-state index in [2.05, 4.69) is 11.8 Å². The lowest BCUT2D eigenvalue weighted by Gasteiger charge is -1.98. The molecule has 0 unspecified atom stereocenters. The Morgan fingerprint density at radius 3 is 2.75 bits per heavy atom. The van der Waals surface area contributed by atoms with Gasteiger partial charge in [0.25, 0.3) is 0 Å². The normalized spacial score (nSPS) is 9.50. The number of hydrogen-bond acceptors (Lipinski definition) is 2. The van der Waals surface area contributed by atoms with Gasteiger partial charge in [0.1, 0.15) is 6.61 Å². The molecular formula is C14H12OS. The highest BCUT2D eigenvalue weighted by Crippen LogP contribution is 2.03. The van der Waals surface area contributed by atoms with Gasteiger partial charge in [0.05, 0.1) is 6.61 Å². The van der Waals surface area contributed by atoms with Gasteiger partial charge in [-0.25, -0.2) is 0 Å². The Hall–Kier alpha value is -1.56. The molecular weight excluding hydrogens is 216 g/mol. The highest BCUT2D eigenvalue weighted by atomic mass is 32.1. The van der Waals surface area contributed by atoms with Crippen molar-refractivity contribution in [1.82, 2.24) is 0 Å². The van der Waals surface area contributed by atoms with E-state index in [1.165, 1.54) is 5.56 Å². The van der Waals surface area contributed by atoms with E-state index in [4.69, 9.17) is 4.74 Å².